The first-order chi connectivity index (χ1) is 15.0. The molecule has 2 aromatic carbocycles. The number of hydrogen-bond donors (Lipinski definition) is 1. The summed E-state index contributed by atoms with van der Waals surface area (Å²) in [7, 11) is 0. The molecule has 0 bridgehead atoms. The Morgan fingerprint density at radius 3 is 2.77 bits per heavy atom. The number of thioether (sulfide) groups is 1. The zero-order valence-corrected chi connectivity index (χ0v) is 18.3. The number of halogens is 1. The zero-order valence-electron chi connectivity index (χ0n) is 16.7. The molecule has 0 aliphatic rings. The summed E-state index contributed by atoms with van der Waals surface area (Å²) in [6.07, 6.45) is 1.68. The van der Waals surface area contributed by atoms with Crippen molar-refractivity contribution in [2.75, 3.05) is 5.75 Å². The van der Waals surface area contributed by atoms with E-state index in [9.17, 15) is 9.59 Å². The van der Waals surface area contributed by atoms with Crippen molar-refractivity contribution >= 4 is 40.2 Å². The van der Waals surface area contributed by atoms with Gasteiger partial charge in [0, 0.05) is 11.2 Å². The van der Waals surface area contributed by atoms with E-state index < -0.39 is 0 Å². The third-order valence-corrected chi connectivity index (χ3v) is 5.76. The highest BCUT2D eigenvalue weighted by atomic mass is 35.5. The molecular weight excluding hydrogens is 432 g/mol. The van der Waals surface area contributed by atoms with Gasteiger partial charge in [0.1, 0.15) is 0 Å². The average molecular weight is 451 g/mol. The van der Waals surface area contributed by atoms with E-state index in [0.29, 0.717) is 33.3 Å². The van der Waals surface area contributed by atoms with Crippen LogP contribution in [0.2, 0.25) is 5.02 Å². The van der Waals surface area contributed by atoms with E-state index in [1.54, 1.807) is 29.0 Å². The molecular formula is C23H19ClN4O2S. The summed E-state index contributed by atoms with van der Waals surface area (Å²) in [4.78, 5) is 34.5. The van der Waals surface area contributed by atoms with Gasteiger partial charge in [-0.25, -0.2) is 4.98 Å². The van der Waals surface area contributed by atoms with Crippen molar-refractivity contribution in [1.82, 2.24) is 19.9 Å². The van der Waals surface area contributed by atoms with Crippen molar-refractivity contribution in [3.05, 3.63) is 93.5 Å². The standard InChI is InChI=1S/C23H19ClN4O2S/c1-15-5-4-7-18(11-15)28-22(30)19-9-8-16(24)12-20(19)27-23(28)31-14-21(29)26-13-17-6-2-3-10-25-17/h2-12H,13-14H2,1H3,(H,26,29). The lowest BCUT2D eigenvalue weighted by atomic mass is 10.2. The van der Waals surface area contributed by atoms with Gasteiger partial charge in [-0.3, -0.25) is 19.1 Å². The van der Waals surface area contributed by atoms with Gasteiger partial charge >= 0.3 is 0 Å². The van der Waals surface area contributed by atoms with E-state index in [4.69, 9.17) is 11.6 Å². The van der Waals surface area contributed by atoms with Gasteiger partial charge in [-0.2, -0.15) is 0 Å². The van der Waals surface area contributed by atoms with Crippen LogP contribution in [0.25, 0.3) is 16.6 Å². The molecule has 0 unspecified atom stereocenters. The van der Waals surface area contributed by atoms with Crippen molar-refractivity contribution in [1.29, 1.82) is 0 Å². The highest BCUT2D eigenvalue weighted by molar-refractivity contribution is 7.99. The summed E-state index contributed by atoms with van der Waals surface area (Å²) in [6, 6.07) is 18.1. The number of benzene rings is 2. The van der Waals surface area contributed by atoms with Gasteiger partial charge in [-0.05, 0) is 55.0 Å². The number of aromatic nitrogens is 3. The van der Waals surface area contributed by atoms with E-state index in [-0.39, 0.29) is 17.2 Å². The number of carbonyl (C=O) groups excluding carboxylic acids is 1. The second-order valence-corrected chi connectivity index (χ2v) is 8.30. The molecule has 0 atom stereocenters. The molecule has 6 nitrogen and oxygen atoms in total. The summed E-state index contributed by atoms with van der Waals surface area (Å²) in [5, 5.41) is 4.23. The van der Waals surface area contributed by atoms with Crippen LogP contribution in [0.1, 0.15) is 11.3 Å². The fourth-order valence-corrected chi connectivity index (χ4v) is 4.11. The molecule has 0 saturated carbocycles. The lowest BCUT2D eigenvalue weighted by Gasteiger charge is -2.14. The SMILES string of the molecule is Cc1cccc(-n2c(SCC(=O)NCc3ccccn3)nc3cc(Cl)ccc3c2=O)c1. The topological polar surface area (TPSA) is 76.9 Å². The van der Waals surface area contributed by atoms with Crippen LogP contribution in [0.3, 0.4) is 0 Å². The van der Waals surface area contributed by atoms with E-state index in [2.05, 4.69) is 15.3 Å². The van der Waals surface area contributed by atoms with Crippen LogP contribution in [0.5, 0.6) is 0 Å². The quantitative estimate of drug-likeness (QED) is 0.352. The highest BCUT2D eigenvalue weighted by Crippen LogP contribution is 2.23. The molecule has 4 aromatic rings. The van der Waals surface area contributed by atoms with Gasteiger partial charge in [0.05, 0.1) is 34.6 Å². The maximum Gasteiger partial charge on any atom is 0.266 e. The minimum absolute atomic E-state index is 0.108. The summed E-state index contributed by atoms with van der Waals surface area (Å²) in [5.41, 5.74) is 2.79. The fourth-order valence-electron chi connectivity index (χ4n) is 3.10. The molecule has 31 heavy (non-hydrogen) atoms. The first-order valence-electron chi connectivity index (χ1n) is 9.60. The van der Waals surface area contributed by atoms with Crippen LogP contribution in [0.15, 0.2) is 76.8 Å². The van der Waals surface area contributed by atoms with Gasteiger partial charge < -0.3 is 5.32 Å². The van der Waals surface area contributed by atoms with E-state index >= 15 is 0 Å². The Kier molecular flexibility index (Phi) is 6.34. The Morgan fingerprint density at radius 2 is 2.00 bits per heavy atom. The number of amides is 1. The Morgan fingerprint density at radius 1 is 1.13 bits per heavy atom. The molecule has 1 amide bonds. The van der Waals surface area contributed by atoms with Crippen LogP contribution in [0, 0.1) is 6.92 Å². The summed E-state index contributed by atoms with van der Waals surface area (Å²) < 4.78 is 1.54. The van der Waals surface area contributed by atoms with E-state index in [1.807, 2.05) is 49.4 Å². The monoisotopic (exact) mass is 450 g/mol. The van der Waals surface area contributed by atoms with E-state index in [1.165, 1.54) is 11.8 Å². The first-order valence-corrected chi connectivity index (χ1v) is 11.0. The van der Waals surface area contributed by atoms with Crippen molar-refractivity contribution in [3.63, 3.8) is 0 Å². The minimum Gasteiger partial charge on any atom is -0.350 e. The maximum atomic E-state index is 13.3. The number of hydrogen-bond acceptors (Lipinski definition) is 5. The number of rotatable bonds is 6. The average Bonchev–Trinajstić information content (AvgIpc) is 2.76. The lowest BCUT2D eigenvalue weighted by Crippen LogP contribution is -2.26. The zero-order chi connectivity index (χ0) is 21.8. The predicted octanol–water partition coefficient (Wildman–Crippen LogP) is 4.15. The maximum absolute atomic E-state index is 13.3. The van der Waals surface area contributed by atoms with Gasteiger partial charge in [0.15, 0.2) is 5.16 Å². The number of carbonyl (C=O) groups is 1. The molecule has 0 radical (unpaired) electrons. The van der Waals surface area contributed by atoms with Crippen molar-refractivity contribution in [2.24, 2.45) is 0 Å². The molecule has 0 aliphatic carbocycles. The minimum atomic E-state index is -0.205. The predicted molar refractivity (Wildman–Crippen MR) is 124 cm³/mol. The molecule has 0 spiro atoms. The fraction of sp³-hybridized carbons (Fsp3) is 0.130. The molecule has 2 heterocycles. The van der Waals surface area contributed by atoms with E-state index in [0.717, 1.165) is 11.3 Å². The molecule has 0 saturated heterocycles. The number of nitrogens with one attached hydrogen (secondary N) is 1. The van der Waals surface area contributed by atoms with Crippen molar-refractivity contribution in [2.45, 2.75) is 18.6 Å². The van der Waals surface area contributed by atoms with Crippen LogP contribution in [-0.4, -0.2) is 26.2 Å². The van der Waals surface area contributed by atoms with Crippen LogP contribution in [0.4, 0.5) is 0 Å². The highest BCUT2D eigenvalue weighted by Gasteiger charge is 2.15. The van der Waals surface area contributed by atoms with Crippen LogP contribution in [-0.2, 0) is 11.3 Å². The number of aryl methyl sites for hydroxylation is 1. The third kappa shape index (κ3) is 4.95. The van der Waals surface area contributed by atoms with Gasteiger partial charge in [-0.1, -0.05) is 41.6 Å². The first kappa shape index (κ1) is 21.1. The Bertz CT molecular complexity index is 1310. The normalized spacial score (nSPS) is 10.9. The number of nitrogens with zero attached hydrogens (tertiary/aromatic N) is 3. The molecule has 0 aliphatic heterocycles. The second kappa shape index (κ2) is 9.32. The Hall–Kier alpha value is -3.16. The number of pyridine rings is 1. The Balaban J connectivity index is 1.64. The molecule has 4 rings (SSSR count). The number of fused-ring (bicyclic) bond motifs is 1. The van der Waals surface area contributed by atoms with Gasteiger partial charge in [0.25, 0.3) is 5.56 Å². The molecule has 2 aromatic heterocycles. The lowest BCUT2D eigenvalue weighted by molar-refractivity contribution is -0.118. The van der Waals surface area contributed by atoms with Gasteiger partial charge in [0.2, 0.25) is 5.91 Å². The molecule has 8 heteroatoms. The van der Waals surface area contributed by atoms with Crippen LogP contribution >= 0.6 is 23.4 Å². The molecule has 156 valence electrons. The smallest absolute Gasteiger partial charge is 0.266 e. The largest absolute Gasteiger partial charge is 0.350 e. The molecule has 1 N–H and O–H groups in total. The van der Waals surface area contributed by atoms with Crippen molar-refractivity contribution in [3.8, 4) is 5.69 Å². The second-order valence-electron chi connectivity index (χ2n) is 6.92. The molecule has 0 fully saturated rings. The third-order valence-electron chi connectivity index (χ3n) is 4.59. The summed E-state index contributed by atoms with van der Waals surface area (Å²) in [5.74, 6) is -0.0659. The van der Waals surface area contributed by atoms with Crippen LogP contribution < -0.4 is 10.9 Å². The van der Waals surface area contributed by atoms with Crippen molar-refractivity contribution < 1.29 is 4.79 Å². The van der Waals surface area contributed by atoms with Gasteiger partial charge in [-0.15, -0.1) is 0 Å². The summed E-state index contributed by atoms with van der Waals surface area (Å²) in [6.45, 7) is 2.30. The summed E-state index contributed by atoms with van der Waals surface area (Å²) >= 11 is 7.30. The Labute approximate surface area is 188 Å².